The standard InChI is InChI=1S/C19H26N4O2/c1-19(2,3)11-16-21-17(22-25-16)13-6-4-7-14(10-13)18(24)23-9-5-8-15(20)12-23/h4,6-7,10,15H,5,8-9,11-12,20H2,1-3H3. The molecule has 0 radical (unpaired) electrons. The number of amides is 1. The number of carbonyl (C=O) groups is 1. The fourth-order valence-electron chi connectivity index (χ4n) is 3.07. The Bertz CT molecular complexity index is 748. The first-order chi connectivity index (χ1) is 11.8. The van der Waals surface area contributed by atoms with Crippen LogP contribution in [0.25, 0.3) is 11.4 Å². The average molecular weight is 342 g/mol. The SMILES string of the molecule is CC(C)(C)Cc1nc(-c2cccc(C(=O)N3CCCC(N)C3)c2)no1. The lowest BCUT2D eigenvalue weighted by Gasteiger charge is -2.30. The zero-order valence-electron chi connectivity index (χ0n) is 15.2. The van der Waals surface area contributed by atoms with Gasteiger partial charge in [0.2, 0.25) is 11.7 Å². The van der Waals surface area contributed by atoms with Gasteiger partial charge in [-0.2, -0.15) is 4.98 Å². The van der Waals surface area contributed by atoms with Crippen molar-refractivity contribution in [3.63, 3.8) is 0 Å². The molecule has 2 N–H and O–H groups in total. The normalized spacial score (nSPS) is 18.4. The molecule has 2 heterocycles. The van der Waals surface area contributed by atoms with Gasteiger partial charge in [0.1, 0.15) is 0 Å². The molecule has 1 fully saturated rings. The van der Waals surface area contributed by atoms with Crippen molar-refractivity contribution in [2.45, 2.75) is 46.1 Å². The van der Waals surface area contributed by atoms with E-state index >= 15 is 0 Å². The Morgan fingerprint density at radius 1 is 1.40 bits per heavy atom. The summed E-state index contributed by atoms with van der Waals surface area (Å²) in [6, 6.07) is 7.46. The Kier molecular flexibility index (Phi) is 4.90. The molecule has 1 amide bonds. The zero-order valence-corrected chi connectivity index (χ0v) is 15.2. The topological polar surface area (TPSA) is 85.2 Å². The monoisotopic (exact) mass is 342 g/mol. The van der Waals surface area contributed by atoms with Gasteiger partial charge in [0.15, 0.2) is 0 Å². The molecule has 0 aliphatic carbocycles. The predicted octanol–water partition coefficient (Wildman–Crippen LogP) is 2.89. The third-order valence-electron chi connectivity index (χ3n) is 4.26. The average Bonchev–Trinajstić information content (AvgIpc) is 3.01. The number of nitrogens with two attached hydrogens (primary N) is 1. The minimum absolute atomic E-state index is 0.00964. The molecule has 0 spiro atoms. The number of likely N-dealkylation sites (tertiary alicyclic amines) is 1. The van der Waals surface area contributed by atoms with Crippen LogP contribution in [0, 0.1) is 5.41 Å². The van der Waals surface area contributed by atoms with Gasteiger partial charge in [-0.25, -0.2) is 0 Å². The molecule has 6 heteroatoms. The van der Waals surface area contributed by atoms with E-state index in [9.17, 15) is 4.79 Å². The number of hydrogen-bond acceptors (Lipinski definition) is 5. The minimum atomic E-state index is 0.00964. The van der Waals surface area contributed by atoms with Crippen LogP contribution in [0.4, 0.5) is 0 Å². The molecule has 1 unspecified atom stereocenters. The maximum atomic E-state index is 12.7. The van der Waals surface area contributed by atoms with Crippen LogP contribution in [0.15, 0.2) is 28.8 Å². The summed E-state index contributed by atoms with van der Waals surface area (Å²) in [5.74, 6) is 1.14. The van der Waals surface area contributed by atoms with E-state index in [1.54, 1.807) is 0 Å². The number of benzene rings is 1. The summed E-state index contributed by atoms with van der Waals surface area (Å²) >= 11 is 0. The van der Waals surface area contributed by atoms with Crippen LogP contribution in [-0.4, -0.2) is 40.1 Å². The van der Waals surface area contributed by atoms with Crippen LogP contribution < -0.4 is 5.73 Å². The molecule has 3 rings (SSSR count). The van der Waals surface area contributed by atoms with Crippen LogP contribution in [0.5, 0.6) is 0 Å². The highest BCUT2D eigenvalue weighted by atomic mass is 16.5. The Morgan fingerprint density at radius 3 is 2.92 bits per heavy atom. The van der Waals surface area contributed by atoms with E-state index in [2.05, 4.69) is 30.9 Å². The number of nitrogens with zero attached hydrogens (tertiary/aromatic N) is 3. The van der Waals surface area contributed by atoms with Crippen molar-refractivity contribution in [2.24, 2.45) is 11.1 Å². The molecule has 6 nitrogen and oxygen atoms in total. The highest BCUT2D eigenvalue weighted by Crippen LogP contribution is 2.23. The van der Waals surface area contributed by atoms with Gasteiger partial charge in [0, 0.05) is 36.7 Å². The third kappa shape index (κ3) is 4.45. The van der Waals surface area contributed by atoms with Crippen molar-refractivity contribution >= 4 is 5.91 Å². The maximum Gasteiger partial charge on any atom is 0.253 e. The smallest absolute Gasteiger partial charge is 0.253 e. The van der Waals surface area contributed by atoms with Crippen molar-refractivity contribution < 1.29 is 9.32 Å². The van der Waals surface area contributed by atoms with Crippen LogP contribution >= 0.6 is 0 Å². The minimum Gasteiger partial charge on any atom is -0.339 e. The van der Waals surface area contributed by atoms with Crippen molar-refractivity contribution in [1.29, 1.82) is 0 Å². The van der Waals surface area contributed by atoms with Crippen molar-refractivity contribution in [2.75, 3.05) is 13.1 Å². The summed E-state index contributed by atoms with van der Waals surface area (Å²) in [6.07, 6.45) is 2.64. The zero-order chi connectivity index (χ0) is 18.0. The molecular weight excluding hydrogens is 316 g/mol. The molecule has 1 aromatic carbocycles. The highest BCUT2D eigenvalue weighted by Gasteiger charge is 2.23. The van der Waals surface area contributed by atoms with E-state index in [1.165, 1.54) is 0 Å². The lowest BCUT2D eigenvalue weighted by molar-refractivity contribution is 0.0709. The first-order valence-electron chi connectivity index (χ1n) is 8.80. The van der Waals surface area contributed by atoms with Gasteiger partial charge in [-0.15, -0.1) is 0 Å². The van der Waals surface area contributed by atoms with E-state index < -0.39 is 0 Å². The van der Waals surface area contributed by atoms with E-state index in [-0.39, 0.29) is 17.4 Å². The predicted molar refractivity (Wildman–Crippen MR) is 96.0 cm³/mol. The van der Waals surface area contributed by atoms with E-state index in [1.807, 2.05) is 29.2 Å². The van der Waals surface area contributed by atoms with Crippen molar-refractivity contribution in [3.8, 4) is 11.4 Å². The molecule has 1 saturated heterocycles. The summed E-state index contributed by atoms with van der Waals surface area (Å²) in [6.45, 7) is 7.74. The molecule has 1 aromatic heterocycles. The van der Waals surface area contributed by atoms with E-state index in [4.69, 9.17) is 10.3 Å². The van der Waals surface area contributed by atoms with Crippen molar-refractivity contribution in [1.82, 2.24) is 15.0 Å². The van der Waals surface area contributed by atoms with Gasteiger partial charge >= 0.3 is 0 Å². The molecular formula is C19H26N4O2. The molecule has 25 heavy (non-hydrogen) atoms. The molecule has 0 saturated carbocycles. The molecule has 1 aliphatic rings. The molecule has 1 atom stereocenters. The second-order valence-electron chi connectivity index (χ2n) is 7.98. The van der Waals surface area contributed by atoms with E-state index in [0.717, 1.165) is 24.9 Å². The lowest BCUT2D eigenvalue weighted by atomic mass is 9.92. The first kappa shape index (κ1) is 17.6. The quantitative estimate of drug-likeness (QED) is 0.927. The fourth-order valence-corrected chi connectivity index (χ4v) is 3.07. The lowest BCUT2D eigenvalue weighted by Crippen LogP contribution is -2.45. The Balaban J connectivity index is 1.78. The van der Waals surface area contributed by atoms with Gasteiger partial charge in [-0.05, 0) is 30.4 Å². The van der Waals surface area contributed by atoms with Crippen LogP contribution in [0.1, 0.15) is 49.9 Å². The molecule has 134 valence electrons. The number of aromatic nitrogens is 2. The Hall–Kier alpha value is -2.21. The Labute approximate surface area is 148 Å². The second kappa shape index (κ2) is 6.96. The largest absolute Gasteiger partial charge is 0.339 e. The number of rotatable bonds is 3. The third-order valence-corrected chi connectivity index (χ3v) is 4.26. The Morgan fingerprint density at radius 2 is 2.20 bits per heavy atom. The van der Waals surface area contributed by atoms with Crippen LogP contribution in [0.2, 0.25) is 0 Å². The van der Waals surface area contributed by atoms with Gasteiger partial charge in [0.05, 0.1) is 0 Å². The molecule has 0 bridgehead atoms. The van der Waals surface area contributed by atoms with Gasteiger partial charge in [0.25, 0.3) is 5.91 Å². The van der Waals surface area contributed by atoms with Gasteiger partial charge in [-0.1, -0.05) is 38.1 Å². The van der Waals surface area contributed by atoms with Crippen LogP contribution in [0.3, 0.4) is 0 Å². The summed E-state index contributed by atoms with van der Waals surface area (Å²) in [4.78, 5) is 19.0. The van der Waals surface area contributed by atoms with Gasteiger partial charge in [-0.3, -0.25) is 4.79 Å². The number of hydrogen-bond donors (Lipinski definition) is 1. The van der Waals surface area contributed by atoms with Crippen LogP contribution in [-0.2, 0) is 6.42 Å². The summed E-state index contributed by atoms with van der Waals surface area (Å²) in [5.41, 5.74) is 7.49. The fraction of sp³-hybridized carbons (Fsp3) is 0.526. The molecule has 1 aliphatic heterocycles. The molecule has 2 aromatic rings. The second-order valence-corrected chi connectivity index (χ2v) is 7.98. The summed E-state index contributed by atoms with van der Waals surface area (Å²) < 4.78 is 5.35. The van der Waals surface area contributed by atoms with Crippen molar-refractivity contribution in [3.05, 3.63) is 35.7 Å². The summed E-state index contributed by atoms with van der Waals surface area (Å²) in [7, 11) is 0. The number of carbonyl (C=O) groups excluding carboxylic acids is 1. The first-order valence-corrected chi connectivity index (χ1v) is 8.80. The number of piperidine rings is 1. The highest BCUT2D eigenvalue weighted by molar-refractivity contribution is 5.95. The van der Waals surface area contributed by atoms with Gasteiger partial charge < -0.3 is 15.2 Å². The maximum absolute atomic E-state index is 12.7. The summed E-state index contributed by atoms with van der Waals surface area (Å²) in [5, 5.41) is 4.06. The van der Waals surface area contributed by atoms with E-state index in [0.29, 0.717) is 30.2 Å².